The molecule has 0 saturated heterocycles. The largest absolute Gasteiger partial charge is 0.492 e. The number of nitriles is 2. The van der Waals surface area contributed by atoms with Crippen LogP contribution in [0, 0.1) is 22.7 Å². The predicted octanol–water partition coefficient (Wildman–Crippen LogP) is 1.84. The van der Waals surface area contributed by atoms with Crippen molar-refractivity contribution in [2.75, 3.05) is 21.3 Å². The first-order valence-electron chi connectivity index (χ1n) is 5.28. The second kappa shape index (κ2) is 6.36. The van der Waals surface area contributed by atoms with Crippen LogP contribution in [0.4, 0.5) is 0 Å². The van der Waals surface area contributed by atoms with Gasteiger partial charge in [0.1, 0.15) is 0 Å². The van der Waals surface area contributed by atoms with Gasteiger partial charge in [0, 0.05) is 11.1 Å². The van der Waals surface area contributed by atoms with Crippen molar-refractivity contribution in [2.24, 2.45) is 0 Å². The molecule has 0 atom stereocenters. The third-order valence-electron chi connectivity index (χ3n) is 2.50. The summed E-state index contributed by atoms with van der Waals surface area (Å²) < 4.78 is 15.8. The van der Waals surface area contributed by atoms with E-state index in [2.05, 4.69) is 12.1 Å². The van der Waals surface area contributed by atoms with Crippen LogP contribution in [-0.2, 0) is 12.8 Å². The molecule has 0 amide bonds. The molecule has 0 radical (unpaired) electrons. The molecule has 1 rings (SSSR count). The van der Waals surface area contributed by atoms with Crippen LogP contribution < -0.4 is 14.2 Å². The summed E-state index contributed by atoms with van der Waals surface area (Å²) in [5.74, 6) is 1.35. The maximum absolute atomic E-state index is 8.81. The van der Waals surface area contributed by atoms with Crippen molar-refractivity contribution in [3.05, 3.63) is 17.2 Å². The summed E-state index contributed by atoms with van der Waals surface area (Å²) in [6, 6.07) is 5.86. The molecule has 0 aliphatic rings. The molecule has 0 heterocycles. The lowest BCUT2D eigenvalue weighted by molar-refractivity contribution is 0.321. The number of hydrogen-bond donors (Lipinski definition) is 0. The van der Waals surface area contributed by atoms with Gasteiger partial charge in [-0.3, -0.25) is 0 Å². The van der Waals surface area contributed by atoms with Crippen molar-refractivity contribution in [2.45, 2.75) is 12.8 Å². The van der Waals surface area contributed by atoms with Crippen molar-refractivity contribution in [1.29, 1.82) is 10.5 Å². The van der Waals surface area contributed by atoms with E-state index >= 15 is 0 Å². The monoisotopic (exact) mass is 246 g/mol. The van der Waals surface area contributed by atoms with E-state index in [4.69, 9.17) is 24.7 Å². The summed E-state index contributed by atoms with van der Waals surface area (Å²) in [5, 5.41) is 17.6. The molecule has 0 fully saturated rings. The molecule has 0 bridgehead atoms. The summed E-state index contributed by atoms with van der Waals surface area (Å²) in [6.07, 6.45) is 0.365. The van der Waals surface area contributed by atoms with Crippen LogP contribution in [0.2, 0.25) is 0 Å². The minimum Gasteiger partial charge on any atom is -0.492 e. The third-order valence-corrected chi connectivity index (χ3v) is 2.50. The molecular formula is C13H14N2O3. The zero-order valence-electron chi connectivity index (χ0n) is 10.6. The first-order chi connectivity index (χ1) is 8.73. The van der Waals surface area contributed by atoms with Gasteiger partial charge in [0.2, 0.25) is 5.75 Å². The van der Waals surface area contributed by atoms with E-state index in [0.29, 0.717) is 28.4 Å². The number of rotatable bonds is 5. The van der Waals surface area contributed by atoms with Gasteiger partial charge < -0.3 is 14.2 Å². The van der Waals surface area contributed by atoms with E-state index < -0.39 is 0 Å². The van der Waals surface area contributed by atoms with Gasteiger partial charge in [0.25, 0.3) is 0 Å². The van der Waals surface area contributed by atoms with Crippen molar-refractivity contribution in [3.8, 4) is 29.4 Å². The van der Waals surface area contributed by atoms with Crippen LogP contribution in [0.15, 0.2) is 6.07 Å². The zero-order chi connectivity index (χ0) is 13.5. The first-order valence-corrected chi connectivity index (χ1v) is 5.28. The Bertz CT molecular complexity index is 470. The summed E-state index contributed by atoms with van der Waals surface area (Å²) in [7, 11) is 4.50. The van der Waals surface area contributed by atoms with E-state index in [0.717, 1.165) is 0 Å². The Balaban J connectivity index is 3.52. The predicted molar refractivity (Wildman–Crippen MR) is 64.7 cm³/mol. The maximum Gasteiger partial charge on any atom is 0.203 e. The van der Waals surface area contributed by atoms with Crippen LogP contribution in [0.25, 0.3) is 0 Å². The highest BCUT2D eigenvalue weighted by molar-refractivity contribution is 5.60. The lowest BCUT2D eigenvalue weighted by Gasteiger charge is -2.17. The molecule has 18 heavy (non-hydrogen) atoms. The molecule has 0 spiro atoms. The van der Waals surface area contributed by atoms with E-state index in [9.17, 15) is 0 Å². The van der Waals surface area contributed by atoms with E-state index in [1.807, 2.05) is 0 Å². The Labute approximate surface area is 106 Å². The lowest BCUT2D eigenvalue weighted by Crippen LogP contribution is -2.02. The summed E-state index contributed by atoms with van der Waals surface area (Å²) in [6.45, 7) is 0. The van der Waals surface area contributed by atoms with Gasteiger partial charge in [-0.15, -0.1) is 0 Å². The smallest absolute Gasteiger partial charge is 0.203 e. The first kappa shape index (κ1) is 13.7. The van der Waals surface area contributed by atoms with Gasteiger partial charge >= 0.3 is 0 Å². The Kier molecular flexibility index (Phi) is 4.83. The van der Waals surface area contributed by atoms with Gasteiger partial charge in [0.15, 0.2) is 11.5 Å². The third kappa shape index (κ3) is 2.46. The molecule has 0 N–H and O–H groups in total. The Hall–Kier alpha value is -2.40. The fourth-order valence-corrected chi connectivity index (χ4v) is 1.80. The molecule has 0 aromatic heterocycles. The van der Waals surface area contributed by atoms with Gasteiger partial charge in [-0.25, -0.2) is 0 Å². The molecular weight excluding hydrogens is 232 g/mol. The second-order valence-corrected chi connectivity index (χ2v) is 3.46. The Morgan fingerprint density at radius 3 is 1.50 bits per heavy atom. The number of ether oxygens (including phenoxy) is 3. The Morgan fingerprint density at radius 1 is 0.833 bits per heavy atom. The quantitative estimate of drug-likeness (QED) is 0.792. The fourth-order valence-electron chi connectivity index (χ4n) is 1.80. The van der Waals surface area contributed by atoms with Crippen molar-refractivity contribution in [1.82, 2.24) is 0 Å². The van der Waals surface area contributed by atoms with Crippen LogP contribution >= 0.6 is 0 Å². The SMILES string of the molecule is COc1c(CC#N)cc(CC#N)c(OC)c1OC. The van der Waals surface area contributed by atoms with Gasteiger partial charge in [0.05, 0.1) is 46.3 Å². The summed E-state index contributed by atoms with van der Waals surface area (Å²) in [4.78, 5) is 0. The van der Waals surface area contributed by atoms with Crippen LogP contribution in [0.3, 0.4) is 0 Å². The fraction of sp³-hybridized carbons (Fsp3) is 0.385. The van der Waals surface area contributed by atoms with Crippen molar-refractivity contribution < 1.29 is 14.2 Å². The minimum absolute atomic E-state index is 0.182. The van der Waals surface area contributed by atoms with Crippen LogP contribution in [0.1, 0.15) is 11.1 Å². The molecule has 0 aliphatic carbocycles. The highest BCUT2D eigenvalue weighted by atomic mass is 16.5. The molecule has 94 valence electrons. The summed E-state index contributed by atoms with van der Waals surface area (Å²) in [5.41, 5.74) is 1.37. The Morgan fingerprint density at radius 2 is 1.22 bits per heavy atom. The second-order valence-electron chi connectivity index (χ2n) is 3.46. The highest BCUT2D eigenvalue weighted by Crippen LogP contribution is 2.43. The number of methoxy groups -OCH3 is 3. The van der Waals surface area contributed by atoms with Crippen LogP contribution in [0.5, 0.6) is 17.2 Å². The average Bonchev–Trinajstić information content (AvgIpc) is 2.38. The zero-order valence-corrected chi connectivity index (χ0v) is 10.6. The molecule has 5 heteroatoms. The highest BCUT2D eigenvalue weighted by Gasteiger charge is 2.20. The minimum atomic E-state index is 0.182. The number of benzene rings is 1. The molecule has 0 unspecified atom stereocenters. The van der Waals surface area contributed by atoms with Gasteiger partial charge in [-0.2, -0.15) is 10.5 Å². The maximum atomic E-state index is 8.81. The molecule has 1 aromatic rings. The lowest BCUT2D eigenvalue weighted by atomic mass is 10.0. The summed E-state index contributed by atoms with van der Waals surface area (Å²) >= 11 is 0. The van der Waals surface area contributed by atoms with Crippen molar-refractivity contribution in [3.63, 3.8) is 0 Å². The molecule has 0 aliphatic heterocycles. The van der Waals surface area contributed by atoms with Crippen molar-refractivity contribution >= 4 is 0 Å². The standard InChI is InChI=1S/C13H14N2O3/c1-16-11-9(4-6-14)8-10(5-7-15)12(17-2)13(11)18-3/h8H,4-5H2,1-3H3. The molecule has 0 saturated carbocycles. The normalized spacial score (nSPS) is 9.17. The van der Waals surface area contributed by atoms with E-state index in [-0.39, 0.29) is 12.8 Å². The van der Waals surface area contributed by atoms with Crippen LogP contribution in [-0.4, -0.2) is 21.3 Å². The number of nitrogens with zero attached hydrogens (tertiary/aromatic N) is 2. The van der Waals surface area contributed by atoms with Gasteiger partial charge in [-0.1, -0.05) is 0 Å². The van der Waals surface area contributed by atoms with E-state index in [1.165, 1.54) is 21.3 Å². The molecule has 1 aromatic carbocycles. The topological polar surface area (TPSA) is 75.3 Å². The average molecular weight is 246 g/mol. The van der Waals surface area contributed by atoms with E-state index in [1.54, 1.807) is 6.07 Å². The molecule has 5 nitrogen and oxygen atoms in total. The van der Waals surface area contributed by atoms with Gasteiger partial charge in [-0.05, 0) is 6.07 Å². The number of hydrogen-bond acceptors (Lipinski definition) is 5.